The normalized spacial score (nSPS) is 12.4. The molecule has 0 bridgehead atoms. The average molecular weight is 1070 g/mol. The fraction of sp³-hybridized carbons (Fsp3) is 0.971. The minimum absolute atomic E-state index is 0.0113. The summed E-state index contributed by atoms with van der Waals surface area (Å²) in [6, 6.07) is -0.546. The molecule has 2 unspecified atom stereocenters. The zero-order chi connectivity index (χ0) is 55.0. The van der Waals surface area contributed by atoms with E-state index in [4.69, 9.17) is 4.74 Å². The van der Waals surface area contributed by atoms with Gasteiger partial charge in [-0.25, -0.2) is 0 Å². The summed E-state index contributed by atoms with van der Waals surface area (Å²) in [5.74, 6) is -0.0228. The first-order chi connectivity index (χ1) is 37.5. The summed E-state index contributed by atoms with van der Waals surface area (Å²) < 4.78 is 5.50. The van der Waals surface area contributed by atoms with Crippen LogP contribution >= 0.6 is 0 Å². The van der Waals surface area contributed by atoms with Gasteiger partial charge in [-0.05, 0) is 25.7 Å². The number of hydrogen-bond acceptors (Lipinski definition) is 5. The molecule has 0 spiro atoms. The molecule has 0 aromatic rings. The average Bonchev–Trinajstić information content (AvgIpc) is 3.42. The topological polar surface area (TPSA) is 95.9 Å². The number of nitrogens with one attached hydrogen (secondary N) is 1. The second-order valence-corrected chi connectivity index (χ2v) is 24.6. The first-order valence-corrected chi connectivity index (χ1v) is 35.3. The van der Waals surface area contributed by atoms with Crippen molar-refractivity contribution in [3.8, 4) is 0 Å². The van der Waals surface area contributed by atoms with Gasteiger partial charge in [-0.3, -0.25) is 9.59 Å². The quantitative estimate of drug-likeness (QED) is 0.0417. The predicted molar refractivity (Wildman–Crippen MR) is 334 cm³/mol. The van der Waals surface area contributed by atoms with Crippen LogP contribution in [0.15, 0.2) is 0 Å². The van der Waals surface area contributed by atoms with Crippen LogP contribution in [0.3, 0.4) is 0 Å². The van der Waals surface area contributed by atoms with Gasteiger partial charge in [0.1, 0.15) is 0 Å². The Morgan fingerprint density at radius 2 is 0.539 bits per heavy atom. The van der Waals surface area contributed by atoms with Crippen molar-refractivity contribution < 1.29 is 24.5 Å². The maximum Gasteiger partial charge on any atom is 0.305 e. The molecular weight excluding hydrogens is 935 g/mol. The number of rotatable bonds is 67. The molecule has 3 N–H and O–H groups in total. The molecule has 0 aromatic heterocycles. The van der Waals surface area contributed by atoms with Gasteiger partial charge in [-0.1, -0.05) is 373 Å². The Morgan fingerprint density at radius 3 is 0.803 bits per heavy atom. The van der Waals surface area contributed by atoms with Crippen molar-refractivity contribution in [3.05, 3.63) is 0 Å². The minimum Gasteiger partial charge on any atom is -0.466 e. The summed E-state index contributed by atoms with van der Waals surface area (Å²) in [5, 5.41) is 23.4. The van der Waals surface area contributed by atoms with Crippen LogP contribution in [0.5, 0.6) is 0 Å². The molecule has 0 aromatic carbocycles. The zero-order valence-corrected chi connectivity index (χ0v) is 52.0. The van der Waals surface area contributed by atoms with Crippen molar-refractivity contribution in [1.82, 2.24) is 5.32 Å². The highest BCUT2D eigenvalue weighted by molar-refractivity contribution is 5.76. The van der Waals surface area contributed by atoms with Gasteiger partial charge in [0.15, 0.2) is 0 Å². The van der Waals surface area contributed by atoms with Gasteiger partial charge < -0.3 is 20.3 Å². The van der Waals surface area contributed by atoms with Crippen LogP contribution in [0.2, 0.25) is 0 Å². The number of carbonyl (C=O) groups excluding carboxylic acids is 2. The summed E-state index contributed by atoms with van der Waals surface area (Å²) in [5.41, 5.74) is 0. The van der Waals surface area contributed by atoms with Gasteiger partial charge in [-0.15, -0.1) is 0 Å². The first-order valence-electron chi connectivity index (χ1n) is 35.3. The highest BCUT2D eigenvalue weighted by atomic mass is 16.5. The Balaban J connectivity index is 3.38. The molecule has 0 saturated heterocycles. The highest BCUT2D eigenvalue weighted by Gasteiger charge is 2.20. The van der Waals surface area contributed by atoms with E-state index < -0.39 is 12.1 Å². The highest BCUT2D eigenvalue weighted by Crippen LogP contribution is 2.20. The molecule has 0 aliphatic rings. The third-order valence-electron chi connectivity index (χ3n) is 16.9. The lowest BCUT2D eigenvalue weighted by atomic mass is 10.0. The zero-order valence-electron chi connectivity index (χ0n) is 52.0. The Morgan fingerprint density at radius 1 is 0.316 bits per heavy atom. The van der Waals surface area contributed by atoms with Crippen LogP contribution in [0.1, 0.15) is 412 Å². The van der Waals surface area contributed by atoms with Crippen molar-refractivity contribution in [1.29, 1.82) is 0 Å². The predicted octanol–water partition coefficient (Wildman–Crippen LogP) is 22.6. The molecule has 2 atom stereocenters. The van der Waals surface area contributed by atoms with E-state index in [1.807, 2.05) is 0 Å². The van der Waals surface area contributed by atoms with Crippen LogP contribution in [0.4, 0.5) is 0 Å². The lowest BCUT2D eigenvalue weighted by molar-refractivity contribution is -0.143. The number of aliphatic hydroxyl groups is 2. The van der Waals surface area contributed by atoms with E-state index in [-0.39, 0.29) is 18.5 Å². The fourth-order valence-corrected chi connectivity index (χ4v) is 11.5. The molecule has 0 aliphatic carbocycles. The number of aliphatic hydroxyl groups excluding tert-OH is 2. The maximum absolute atomic E-state index is 12.6. The van der Waals surface area contributed by atoms with Gasteiger partial charge in [0, 0.05) is 12.8 Å². The van der Waals surface area contributed by atoms with Gasteiger partial charge >= 0.3 is 5.97 Å². The summed E-state index contributed by atoms with van der Waals surface area (Å²) in [7, 11) is 0. The Bertz CT molecular complexity index is 1100. The van der Waals surface area contributed by atoms with Gasteiger partial charge in [0.2, 0.25) is 5.91 Å². The Labute approximate surface area is 476 Å². The number of ether oxygens (including phenoxy) is 1. The molecule has 0 radical (unpaired) electrons. The van der Waals surface area contributed by atoms with E-state index in [0.29, 0.717) is 25.9 Å². The van der Waals surface area contributed by atoms with E-state index in [9.17, 15) is 19.8 Å². The smallest absolute Gasteiger partial charge is 0.305 e. The first kappa shape index (κ1) is 74.9. The lowest BCUT2D eigenvalue weighted by Gasteiger charge is -2.22. The van der Waals surface area contributed by atoms with Crippen LogP contribution < -0.4 is 5.32 Å². The molecule has 0 rings (SSSR count). The van der Waals surface area contributed by atoms with Gasteiger partial charge in [0.25, 0.3) is 0 Å². The van der Waals surface area contributed by atoms with E-state index in [1.165, 1.54) is 340 Å². The van der Waals surface area contributed by atoms with E-state index in [0.717, 1.165) is 38.5 Å². The summed E-state index contributed by atoms with van der Waals surface area (Å²) >= 11 is 0. The van der Waals surface area contributed by atoms with Crippen LogP contribution in [-0.2, 0) is 14.3 Å². The molecule has 0 heterocycles. The third-order valence-corrected chi connectivity index (χ3v) is 16.9. The molecule has 1 amide bonds. The molecule has 454 valence electrons. The van der Waals surface area contributed by atoms with Gasteiger partial charge in [0.05, 0.1) is 25.4 Å². The van der Waals surface area contributed by atoms with Crippen molar-refractivity contribution in [2.45, 2.75) is 424 Å². The largest absolute Gasteiger partial charge is 0.466 e. The van der Waals surface area contributed by atoms with E-state index >= 15 is 0 Å². The molecule has 6 nitrogen and oxygen atoms in total. The maximum atomic E-state index is 12.6. The lowest BCUT2D eigenvalue weighted by Crippen LogP contribution is -2.45. The molecular formula is C70H139NO5. The summed E-state index contributed by atoms with van der Waals surface area (Å²) in [6.45, 7) is 5.00. The van der Waals surface area contributed by atoms with Crippen LogP contribution in [0.25, 0.3) is 0 Å². The van der Waals surface area contributed by atoms with Crippen molar-refractivity contribution in [2.75, 3.05) is 13.2 Å². The number of hydrogen-bond donors (Lipinski definition) is 3. The number of esters is 1. The van der Waals surface area contributed by atoms with Crippen molar-refractivity contribution >= 4 is 11.9 Å². The number of carbonyl (C=O) groups is 2. The Kier molecular flexibility index (Phi) is 65.4. The molecule has 0 fully saturated rings. The summed E-state index contributed by atoms with van der Waals surface area (Å²) in [6.07, 6.45) is 80.0. The summed E-state index contributed by atoms with van der Waals surface area (Å²) in [4.78, 5) is 24.7. The monoisotopic (exact) mass is 1070 g/mol. The molecule has 0 saturated carbocycles. The molecule has 76 heavy (non-hydrogen) atoms. The van der Waals surface area contributed by atoms with Crippen LogP contribution in [0, 0.1) is 0 Å². The standard InChI is InChI=1S/C70H139NO5/c1-3-5-7-9-11-13-15-17-19-21-22-23-24-25-26-27-28-31-34-38-42-46-50-54-58-62-68(73)67(66-72)71-69(74)63-59-55-51-47-43-39-35-32-29-33-37-41-45-49-53-57-61-65-76-70(75)64-60-56-52-48-44-40-36-30-20-18-16-14-12-10-8-6-4-2/h67-68,72-73H,3-66H2,1-2H3,(H,71,74). The second-order valence-electron chi connectivity index (χ2n) is 24.6. The second kappa shape index (κ2) is 66.4. The van der Waals surface area contributed by atoms with E-state index in [1.54, 1.807) is 0 Å². The number of amides is 1. The molecule has 6 heteroatoms. The van der Waals surface area contributed by atoms with Crippen LogP contribution in [-0.4, -0.2) is 47.4 Å². The van der Waals surface area contributed by atoms with E-state index in [2.05, 4.69) is 19.2 Å². The number of unbranched alkanes of at least 4 members (excludes halogenated alkanes) is 56. The Hall–Kier alpha value is -1.14. The van der Waals surface area contributed by atoms with Crippen molar-refractivity contribution in [3.63, 3.8) is 0 Å². The fourth-order valence-electron chi connectivity index (χ4n) is 11.5. The molecule has 0 aliphatic heterocycles. The van der Waals surface area contributed by atoms with Crippen molar-refractivity contribution in [2.24, 2.45) is 0 Å². The van der Waals surface area contributed by atoms with Gasteiger partial charge in [-0.2, -0.15) is 0 Å². The minimum atomic E-state index is -0.668. The SMILES string of the molecule is CCCCCCCCCCCCCCCCCCCCCCCCCCCC(O)C(CO)NC(=O)CCCCCCCCCCCCCCCCCCCOC(=O)CCCCCCCCCCCCCCCCCCC. The third kappa shape index (κ3) is 62.1.